The fourth-order valence-corrected chi connectivity index (χ4v) is 2.45. The Hall–Kier alpha value is -3.48. The molecule has 0 saturated carbocycles. The van der Waals surface area contributed by atoms with Crippen molar-refractivity contribution in [2.45, 2.75) is 6.54 Å². The molecule has 0 fully saturated rings. The number of nitro groups is 1. The standard InChI is InChI=1S/C14H7ClF4N6O3/c15-9-12(22-23-13(9)25(27)28)14(26)21-5-2-20-24(3-5)4-6-7(16)1-8(17)11(19)10(6)18/h1-3H,4H2,(H,21,26)(H,22,23). The Morgan fingerprint density at radius 3 is 2.64 bits per heavy atom. The van der Waals surface area contributed by atoms with E-state index in [1.807, 2.05) is 5.10 Å². The van der Waals surface area contributed by atoms with E-state index in [4.69, 9.17) is 11.6 Å². The summed E-state index contributed by atoms with van der Waals surface area (Å²) >= 11 is 5.69. The predicted octanol–water partition coefficient (Wildman–Crippen LogP) is 3.02. The summed E-state index contributed by atoms with van der Waals surface area (Å²) in [5.41, 5.74) is -1.21. The van der Waals surface area contributed by atoms with Gasteiger partial charge in [0.25, 0.3) is 5.91 Å². The zero-order valence-electron chi connectivity index (χ0n) is 13.3. The van der Waals surface area contributed by atoms with Gasteiger partial charge in [0.05, 0.1) is 18.4 Å². The van der Waals surface area contributed by atoms with Crippen LogP contribution in [0.2, 0.25) is 5.02 Å². The third-order valence-electron chi connectivity index (χ3n) is 3.51. The maximum atomic E-state index is 13.7. The topological polar surface area (TPSA) is 119 Å². The summed E-state index contributed by atoms with van der Waals surface area (Å²) in [5, 5.41) is 21.6. The Balaban J connectivity index is 1.78. The van der Waals surface area contributed by atoms with Gasteiger partial charge in [-0.25, -0.2) is 17.6 Å². The van der Waals surface area contributed by atoms with Crippen LogP contribution in [0.15, 0.2) is 18.5 Å². The molecule has 0 aliphatic rings. The van der Waals surface area contributed by atoms with Gasteiger partial charge in [0.2, 0.25) is 0 Å². The van der Waals surface area contributed by atoms with Gasteiger partial charge < -0.3 is 15.4 Å². The highest BCUT2D eigenvalue weighted by atomic mass is 35.5. The maximum absolute atomic E-state index is 13.7. The fraction of sp³-hybridized carbons (Fsp3) is 0.0714. The lowest BCUT2D eigenvalue weighted by molar-refractivity contribution is -0.389. The van der Waals surface area contributed by atoms with Gasteiger partial charge in [-0.3, -0.25) is 9.48 Å². The van der Waals surface area contributed by atoms with Crippen LogP contribution in [0.5, 0.6) is 0 Å². The number of benzene rings is 1. The highest BCUT2D eigenvalue weighted by Gasteiger charge is 2.25. The van der Waals surface area contributed by atoms with Crippen molar-refractivity contribution in [1.82, 2.24) is 20.0 Å². The van der Waals surface area contributed by atoms with E-state index in [1.54, 1.807) is 0 Å². The minimum Gasteiger partial charge on any atom is -0.358 e. The number of carbonyl (C=O) groups excluding carboxylic acids is 1. The van der Waals surface area contributed by atoms with Crippen LogP contribution < -0.4 is 5.32 Å². The Morgan fingerprint density at radius 1 is 1.29 bits per heavy atom. The van der Waals surface area contributed by atoms with Gasteiger partial charge >= 0.3 is 5.82 Å². The molecule has 2 N–H and O–H groups in total. The van der Waals surface area contributed by atoms with Gasteiger partial charge in [-0.2, -0.15) is 5.10 Å². The molecule has 3 rings (SSSR count). The van der Waals surface area contributed by atoms with Crippen LogP contribution in [0.4, 0.5) is 29.1 Å². The molecule has 0 saturated heterocycles. The summed E-state index contributed by atoms with van der Waals surface area (Å²) < 4.78 is 54.6. The molecule has 2 aromatic heterocycles. The van der Waals surface area contributed by atoms with Crippen LogP contribution in [0, 0.1) is 33.4 Å². The molecule has 1 aromatic carbocycles. The zero-order valence-corrected chi connectivity index (χ0v) is 14.1. The van der Waals surface area contributed by atoms with E-state index in [0.717, 1.165) is 17.1 Å². The molecule has 14 heteroatoms. The largest absolute Gasteiger partial charge is 0.362 e. The van der Waals surface area contributed by atoms with Crippen molar-refractivity contribution in [2.24, 2.45) is 0 Å². The lowest BCUT2D eigenvalue weighted by Gasteiger charge is -2.06. The van der Waals surface area contributed by atoms with E-state index in [1.165, 1.54) is 0 Å². The molecule has 9 nitrogen and oxygen atoms in total. The second-order valence-electron chi connectivity index (χ2n) is 5.32. The summed E-state index contributed by atoms with van der Waals surface area (Å²) in [4.78, 5) is 21.9. The summed E-state index contributed by atoms with van der Waals surface area (Å²) in [5.74, 6) is -8.10. The number of H-pyrrole nitrogens is 1. The van der Waals surface area contributed by atoms with Crippen molar-refractivity contribution in [1.29, 1.82) is 0 Å². The van der Waals surface area contributed by atoms with E-state index in [2.05, 4.69) is 15.5 Å². The molecule has 28 heavy (non-hydrogen) atoms. The van der Waals surface area contributed by atoms with Crippen molar-refractivity contribution in [3.05, 3.63) is 68.1 Å². The first-order chi connectivity index (χ1) is 13.2. The van der Waals surface area contributed by atoms with Crippen LogP contribution >= 0.6 is 11.6 Å². The Kier molecular flexibility index (Phi) is 5.00. The van der Waals surface area contributed by atoms with E-state index >= 15 is 0 Å². The monoisotopic (exact) mass is 418 g/mol. The first kappa shape index (κ1) is 19.3. The number of hydrogen-bond acceptors (Lipinski definition) is 5. The fourth-order valence-electron chi connectivity index (χ4n) is 2.21. The van der Waals surface area contributed by atoms with Gasteiger partial charge in [0.1, 0.15) is 5.82 Å². The molecule has 3 aromatic rings. The predicted molar refractivity (Wildman–Crippen MR) is 85.8 cm³/mol. The number of anilines is 1. The summed E-state index contributed by atoms with van der Waals surface area (Å²) in [7, 11) is 0. The second-order valence-corrected chi connectivity index (χ2v) is 5.70. The SMILES string of the molecule is O=C(Nc1cnn(Cc2c(F)cc(F)c(F)c2F)c1)c1n[nH]c([N+](=O)[O-])c1Cl. The summed E-state index contributed by atoms with van der Waals surface area (Å²) in [6, 6.07) is 0.201. The number of carbonyl (C=O) groups is 1. The number of aromatic amines is 1. The Morgan fingerprint density at radius 2 is 2.00 bits per heavy atom. The molecule has 2 heterocycles. The Labute approximate surface area is 157 Å². The highest BCUT2D eigenvalue weighted by molar-refractivity contribution is 6.35. The molecule has 0 atom stereocenters. The quantitative estimate of drug-likeness (QED) is 0.217. The summed E-state index contributed by atoms with van der Waals surface area (Å²) in [6.07, 6.45) is 2.22. The number of aromatic nitrogens is 4. The molecule has 1 amide bonds. The van der Waals surface area contributed by atoms with Crippen LogP contribution in [-0.2, 0) is 6.54 Å². The van der Waals surface area contributed by atoms with E-state index < -0.39 is 62.7 Å². The highest BCUT2D eigenvalue weighted by Crippen LogP contribution is 2.25. The first-order valence-electron chi connectivity index (χ1n) is 7.23. The molecule has 0 aliphatic heterocycles. The smallest absolute Gasteiger partial charge is 0.358 e. The molecular weight excluding hydrogens is 412 g/mol. The van der Waals surface area contributed by atoms with Gasteiger partial charge in [0, 0.05) is 17.8 Å². The molecular formula is C14H7ClF4N6O3. The number of halogens is 5. The average Bonchev–Trinajstić information content (AvgIpc) is 3.23. The van der Waals surface area contributed by atoms with Gasteiger partial charge in [0.15, 0.2) is 28.2 Å². The molecule has 0 bridgehead atoms. The number of amides is 1. The van der Waals surface area contributed by atoms with Crippen LogP contribution in [0.1, 0.15) is 16.1 Å². The lowest BCUT2D eigenvalue weighted by Crippen LogP contribution is -2.12. The van der Waals surface area contributed by atoms with Crippen LogP contribution in [-0.4, -0.2) is 30.8 Å². The molecule has 146 valence electrons. The van der Waals surface area contributed by atoms with E-state index in [-0.39, 0.29) is 11.8 Å². The second kappa shape index (κ2) is 7.26. The number of nitrogens with one attached hydrogen (secondary N) is 2. The normalized spacial score (nSPS) is 10.9. The maximum Gasteiger partial charge on any atom is 0.362 e. The molecule has 0 aliphatic carbocycles. The molecule has 0 unspecified atom stereocenters. The van der Waals surface area contributed by atoms with Crippen LogP contribution in [0.3, 0.4) is 0 Å². The van der Waals surface area contributed by atoms with Crippen LogP contribution in [0.25, 0.3) is 0 Å². The van der Waals surface area contributed by atoms with Crippen molar-refractivity contribution >= 4 is 29.0 Å². The van der Waals surface area contributed by atoms with Crippen molar-refractivity contribution in [3.8, 4) is 0 Å². The Bertz CT molecular complexity index is 1100. The summed E-state index contributed by atoms with van der Waals surface area (Å²) in [6.45, 7) is -0.598. The third kappa shape index (κ3) is 3.51. The minimum atomic E-state index is -1.83. The van der Waals surface area contributed by atoms with Gasteiger partial charge in [-0.1, -0.05) is 16.7 Å². The first-order valence-corrected chi connectivity index (χ1v) is 7.60. The lowest BCUT2D eigenvalue weighted by atomic mass is 10.2. The molecule has 0 radical (unpaired) electrons. The number of nitrogens with zero attached hydrogens (tertiary/aromatic N) is 4. The van der Waals surface area contributed by atoms with Crippen molar-refractivity contribution < 1.29 is 27.3 Å². The third-order valence-corrected chi connectivity index (χ3v) is 3.87. The van der Waals surface area contributed by atoms with E-state index in [9.17, 15) is 32.5 Å². The number of hydrogen-bond donors (Lipinski definition) is 2. The average molecular weight is 419 g/mol. The van der Waals surface area contributed by atoms with Gasteiger partial charge in [-0.05, 0) is 4.92 Å². The van der Waals surface area contributed by atoms with Crippen molar-refractivity contribution in [2.75, 3.05) is 5.32 Å². The number of rotatable bonds is 5. The van der Waals surface area contributed by atoms with Crippen molar-refractivity contribution in [3.63, 3.8) is 0 Å². The zero-order chi connectivity index (χ0) is 20.6. The van der Waals surface area contributed by atoms with Gasteiger partial charge in [-0.15, -0.1) is 5.10 Å². The van der Waals surface area contributed by atoms with E-state index in [0.29, 0.717) is 0 Å². The molecule has 0 spiro atoms. The minimum absolute atomic E-state index is 0.0233.